The molecule has 5 nitrogen and oxygen atoms in total. The molecule has 4 rings (SSSR count). The number of hydrogen-bond donors (Lipinski definition) is 2. The Morgan fingerprint density at radius 3 is 2.88 bits per heavy atom. The first kappa shape index (κ1) is 15.5. The SMILES string of the molecule is NC(=O)c1nccc2[nH]c([C@H]3CCc4ccc(F)cc4C3)cc(=O)c12. The molecule has 1 aliphatic rings. The number of fused-ring (bicyclic) bond motifs is 2. The zero-order chi connectivity index (χ0) is 17.6. The van der Waals surface area contributed by atoms with Crippen LogP contribution in [0.3, 0.4) is 0 Å². The molecule has 3 N–H and O–H groups in total. The molecule has 1 atom stereocenters. The Balaban J connectivity index is 1.78. The number of benzene rings is 1. The van der Waals surface area contributed by atoms with Crippen LogP contribution in [-0.2, 0) is 12.8 Å². The van der Waals surface area contributed by atoms with Crippen molar-refractivity contribution in [1.82, 2.24) is 9.97 Å². The lowest BCUT2D eigenvalue weighted by molar-refractivity contribution is 0.0997. The van der Waals surface area contributed by atoms with Crippen molar-refractivity contribution in [2.24, 2.45) is 5.73 Å². The van der Waals surface area contributed by atoms with Crippen molar-refractivity contribution >= 4 is 16.8 Å². The summed E-state index contributed by atoms with van der Waals surface area (Å²) in [6, 6.07) is 8.04. The fourth-order valence-corrected chi connectivity index (χ4v) is 3.62. The molecule has 126 valence electrons. The summed E-state index contributed by atoms with van der Waals surface area (Å²) in [5.41, 5.74) is 8.45. The standard InChI is InChI=1S/C19H16FN3O2/c20-13-4-3-10-1-2-11(7-12(10)8-13)15-9-16(24)17-14(23-15)5-6-22-18(17)19(21)25/h3-6,8-9,11H,1-2,7H2,(H2,21,25)(H,23,24)/t11-/m0/s1. The van der Waals surface area contributed by atoms with E-state index >= 15 is 0 Å². The van der Waals surface area contributed by atoms with E-state index in [0.29, 0.717) is 11.9 Å². The van der Waals surface area contributed by atoms with Gasteiger partial charge < -0.3 is 10.7 Å². The first-order valence-corrected chi connectivity index (χ1v) is 8.12. The number of aryl methyl sites for hydroxylation is 1. The highest BCUT2D eigenvalue weighted by molar-refractivity contribution is 6.03. The van der Waals surface area contributed by atoms with Gasteiger partial charge >= 0.3 is 0 Å². The molecule has 1 aromatic carbocycles. The summed E-state index contributed by atoms with van der Waals surface area (Å²) in [5.74, 6) is -0.883. The Morgan fingerprint density at radius 1 is 1.24 bits per heavy atom. The van der Waals surface area contributed by atoms with E-state index in [2.05, 4.69) is 9.97 Å². The topological polar surface area (TPSA) is 88.8 Å². The van der Waals surface area contributed by atoms with Crippen LogP contribution in [0.5, 0.6) is 0 Å². The number of aromatic nitrogens is 2. The molecule has 2 heterocycles. The summed E-state index contributed by atoms with van der Waals surface area (Å²) >= 11 is 0. The summed E-state index contributed by atoms with van der Waals surface area (Å²) in [6.45, 7) is 0. The first-order chi connectivity index (χ1) is 12.0. The van der Waals surface area contributed by atoms with Gasteiger partial charge in [0.1, 0.15) is 11.5 Å². The van der Waals surface area contributed by atoms with Gasteiger partial charge in [-0.25, -0.2) is 4.39 Å². The number of H-pyrrole nitrogens is 1. The van der Waals surface area contributed by atoms with Gasteiger partial charge in [-0.05, 0) is 48.6 Å². The maximum absolute atomic E-state index is 13.5. The van der Waals surface area contributed by atoms with Gasteiger partial charge in [0.15, 0.2) is 5.43 Å². The smallest absolute Gasteiger partial charge is 0.268 e. The maximum Gasteiger partial charge on any atom is 0.268 e. The zero-order valence-corrected chi connectivity index (χ0v) is 13.4. The van der Waals surface area contributed by atoms with Crippen LogP contribution in [0.2, 0.25) is 0 Å². The molecule has 0 saturated carbocycles. The molecule has 3 aromatic rings. The summed E-state index contributed by atoms with van der Waals surface area (Å²) < 4.78 is 13.5. The number of carbonyl (C=O) groups is 1. The van der Waals surface area contributed by atoms with E-state index in [9.17, 15) is 14.0 Å². The van der Waals surface area contributed by atoms with Crippen LogP contribution < -0.4 is 11.2 Å². The van der Waals surface area contributed by atoms with E-state index in [0.717, 1.165) is 29.7 Å². The van der Waals surface area contributed by atoms with E-state index in [4.69, 9.17) is 5.73 Å². The molecule has 0 aliphatic heterocycles. The van der Waals surface area contributed by atoms with Gasteiger partial charge in [0.05, 0.1) is 10.9 Å². The number of primary amides is 1. The monoisotopic (exact) mass is 337 g/mol. The summed E-state index contributed by atoms with van der Waals surface area (Å²) in [7, 11) is 0. The van der Waals surface area contributed by atoms with Crippen LogP contribution in [0.4, 0.5) is 4.39 Å². The van der Waals surface area contributed by atoms with Crippen LogP contribution in [0.1, 0.15) is 39.6 Å². The number of nitrogens with zero attached hydrogens (tertiary/aromatic N) is 1. The van der Waals surface area contributed by atoms with Crippen LogP contribution in [-0.4, -0.2) is 15.9 Å². The van der Waals surface area contributed by atoms with Crippen molar-refractivity contribution in [3.05, 3.63) is 75.1 Å². The van der Waals surface area contributed by atoms with Crippen molar-refractivity contribution in [1.29, 1.82) is 0 Å². The molecular formula is C19H16FN3O2. The lowest BCUT2D eigenvalue weighted by Gasteiger charge is -2.25. The van der Waals surface area contributed by atoms with Crippen molar-refractivity contribution in [3.8, 4) is 0 Å². The number of hydrogen-bond acceptors (Lipinski definition) is 3. The maximum atomic E-state index is 13.5. The predicted molar refractivity (Wildman–Crippen MR) is 92.0 cm³/mol. The Hall–Kier alpha value is -3.02. The Morgan fingerprint density at radius 2 is 2.08 bits per heavy atom. The van der Waals surface area contributed by atoms with Gasteiger partial charge in [-0.15, -0.1) is 0 Å². The van der Waals surface area contributed by atoms with Crippen molar-refractivity contribution in [2.75, 3.05) is 0 Å². The number of rotatable bonds is 2. The van der Waals surface area contributed by atoms with Crippen LogP contribution in [0, 0.1) is 5.82 Å². The Kier molecular flexibility index (Phi) is 3.60. The molecule has 0 bridgehead atoms. The molecule has 0 saturated heterocycles. The molecule has 0 unspecified atom stereocenters. The number of halogens is 1. The van der Waals surface area contributed by atoms with E-state index in [1.807, 2.05) is 6.07 Å². The number of amides is 1. The summed E-state index contributed by atoms with van der Waals surface area (Å²) in [4.78, 5) is 31.2. The molecular weight excluding hydrogens is 321 g/mol. The minimum Gasteiger partial charge on any atom is -0.364 e. The highest BCUT2D eigenvalue weighted by Gasteiger charge is 2.22. The number of nitrogens with two attached hydrogens (primary N) is 1. The second kappa shape index (κ2) is 5.81. The van der Waals surface area contributed by atoms with Gasteiger partial charge in [0.2, 0.25) is 0 Å². The lowest BCUT2D eigenvalue weighted by Crippen LogP contribution is -2.20. The molecule has 2 aromatic heterocycles. The van der Waals surface area contributed by atoms with E-state index < -0.39 is 5.91 Å². The van der Waals surface area contributed by atoms with Gasteiger partial charge in [-0.2, -0.15) is 0 Å². The molecule has 0 radical (unpaired) electrons. The van der Waals surface area contributed by atoms with Gasteiger partial charge in [0, 0.05) is 23.9 Å². The summed E-state index contributed by atoms with van der Waals surface area (Å²) in [6.07, 6.45) is 3.83. The third-order valence-corrected chi connectivity index (χ3v) is 4.83. The Labute approximate surface area is 142 Å². The fraction of sp³-hybridized carbons (Fsp3) is 0.211. The molecule has 1 aliphatic carbocycles. The highest BCUT2D eigenvalue weighted by atomic mass is 19.1. The number of carbonyl (C=O) groups excluding carboxylic acids is 1. The third-order valence-electron chi connectivity index (χ3n) is 4.83. The van der Waals surface area contributed by atoms with Gasteiger partial charge in [0.25, 0.3) is 5.91 Å². The molecule has 0 fully saturated rings. The van der Waals surface area contributed by atoms with Crippen LogP contribution in [0.25, 0.3) is 10.9 Å². The molecule has 25 heavy (non-hydrogen) atoms. The number of pyridine rings is 2. The number of aromatic amines is 1. The molecule has 6 heteroatoms. The average molecular weight is 337 g/mol. The van der Waals surface area contributed by atoms with Crippen molar-refractivity contribution in [2.45, 2.75) is 25.2 Å². The fourth-order valence-electron chi connectivity index (χ4n) is 3.62. The molecule has 0 spiro atoms. The second-order valence-corrected chi connectivity index (χ2v) is 6.39. The number of nitrogens with one attached hydrogen (secondary N) is 1. The normalized spacial score (nSPS) is 16.6. The largest absolute Gasteiger partial charge is 0.364 e. The van der Waals surface area contributed by atoms with Gasteiger partial charge in [-0.3, -0.25) is 14.6 Å². The van der Waals surface area contributed by atoms with Crippen molar-refractivity contribution < 1.29 is 9.18 Å². The highest BCUT2D eigenvalue weighted by Crippen LogP contribution is 2.32. The van der Waals surface area contributed by atoms with E-state index in [1.54, 1.807) is 12.1 Å². The molecule has 1 amide bonds. The Bertz CT molecular complexity index is 1060. The van der Waals surface area contributed by atoms with Gasteiger partial charge in [-0.1, -0.05) is 6.07 Å². The van der Waals surface area contributed by atoms with Crippen LogP contribution >= 0.6 is 0 Å². The first-order valence-electron chi connectivity index (χ1n) is 8.12. The minimum absolute atomic E-state index is 0.0265. The third kappa shape index (κ3) is 2.69. The van der Waals surface area contributed by atoms with Crippen LogP contribution in [0.15, 0.2) is 41.3 Å². The minimum atomic E-state index is -0.731. The average Bonchev–Trinajstić information content (AvgIpc) is 2.60. The zero-order valence-electron chi connectivity index (χ0n) is 13.4. The second-order valence-electron chi connectivity index (χ2n) is 6.39. The predicted octanol–water partition coefficient (Wildman–Crippen LogP) is 2.43. The lowest BCUT2D eigenvalue weighted by atomic mass is 9.82. The van der Waals surface area contributed by atoms with E-state index in [1.165, 1.54) is 18.3 Å². The van der Waals surface area contributed by atoms with Crippen molar-refractivity contribution in [3.63, 3.8) is 0 Å². The van der Waals surface area contributed by atoms with E-state index in [-0.39, 0.29) is 28.2 Å². The summed E-state index contributed by atoms with van der Waals surface area (Å²) in [5, 5.41) is 0.209. The quantitative estimate of drug-likeness (QED) is 0.753.